The molecule has 0 amide bonds. The van der Waals surface area contributed by atoms with Crippen molar-refractivity contribution in [2.75, 3.05) is 0 Å². The van der Waals surface area contributed by atoms with E-state index in [1.54, 1.807) is 18.5 Å². The number of aryl methyl sites for hydroxylation is 2. The topological polar surface area (TPSA) is 16.8 Å². The highest BCUT2D eigenvalue weighted by Crippen LogP contribution is 2.42. The third kappa shape index (κ3) is 3.18. The van der Waals surface area contributed by atoms with E-state index in [0.29, 0.717) is 11.1 Å². The fourth-order valence-electron chi connectivity index (χ4n) is 3.24. The lowest BCUT2D eigenvalue weighted by Crippen LogP contribution is -2.35. The van der Waals surface area contributed by atoms with Crippen molar-refractivity contribution in [3.05, 3.63) is 59.9 Å². The van der Waals surface area contributed by atoms with Gasteiger partial charge in [-0.05, 0) is 35.5 Å². The SMILES string of the molecule is Cc1ccccc1-c1c2c(CC(C)(C)C(F)(F)F)cccc2nc[n+]1C. The molecule has 0 fully saturated rings. The Hall–Kier alpha value is -2.43. The number of rotatable bonds is 3. The largest absolute Gasteiger partial charge is 0.394 e. The predicted octanol–water partition coefficient (Wildman–Crippen LogP) is 5.17. The third-order valence-electron chi connectivity index (χ3n) is 4.89. The standard InChI is InChI=1S/C21H22F3N2/c1-14-8-5-6-10-16(14)19-18-15(12-20(2,3)21(22,23)24)9-7-11-17(18)25-13-26(19)4/h5-11,13H,12H2,1-4H3/q+1. The van der Waals surface area contributed by atoms with Gasteiger partial charge < -0.3 is 0 Å². The molecule has 0 unspecified atom stereocenters. The third-order valence-corrected chi connectivity index (χ3v) is 4.89. The summed E-state index contributed by atoms with van der Waals surface area (Å²) in [5.41, 5.74) is 2.50. The van der Waals surface area contributed by atoms with Crippen LogP contribution in [0.15, 0.2) is 48.8 Å². The number of fused-ring (bicyclic) bond motifs is 1. The zero-order valence-electron chi connectivity index (χ0n) is 15.4. The van der Waals surface area contributed by atoms with Crippen molar-refractivity contribution >= 4 is 10.9 Å². The van der Waals surface area contributed by atoms with E-state index in [9.17, 15) is 13.2 Å². The lowest BCUT2D eigenvalue weighted by molar-refractivity contribution is -0.662. The summed E-state index contributed by atoms with van der Waals surface area (Å²) in [6.45, 7) is 4.50. The van der Waals surface area contributed by atoms with Crippen LogP contribution in [0.1, 0.15) is 25.0 Å². The van der Waals surface area contributed by atoms with Crippen LogP contribution in [-0.4, -0.2) is 11.2 Å². The Kier molecular flexibility index (Phi) is 4.51. The van der Waals surface area contributed by atoms with Crippen LogP contribution in [0.3, 0.4) is 0 Å². The molecule has 0 bridgehead atoms. The summed E-state index contributed by atoms with van der Waals surface area (Å²) < 4.78 is 42.3. The summed E-state index contributed by atoms with van der Waals surface area (Å²) in [4.78, 5) is 4.43. The molecule has 1 heterocycles. The van der Waals surface area contributed by atoms with Crippen molar-refractivity contribution in [2.45, 2.75) is 33.4 Å². The van der Waals surface area contributed by atoms with Gasteiger partial charge in [0.1, 0.15) is 5.69 Å². The molecule has 0 aliphatic heterocycles. The average molecular weight is 359 g/mol. The smallest absolute Gasteiger partial charge is 0.232 e. The molecule has 3 aromatic rings. The zero-order chi connectivity index (χ0) is 19.1. The highest BCUT2D eigenvalue weighted by molar-refractivity contribution is 5.94. The molecular weight excluding hydrogens is 337 g/mol. The number of halogens is 3. The number of hydrogen-bond donors (Lipinski definition) is 0. The van der Waals surface area contributed by atoms with Crippen molar-refractivity contribution in [1.29, 1.82) is 0 Å². The molecule has 0 atom stereocenters. The second-order valence-corrected chi connectivity index (χ2v) is 7.39. The Labute approximate surface area is 151 Å². The van der Waals surface area contributed by atoms with Crippen molar-refractivity contribution in [2.24, 2.45) is 12.5 Å². The molecule has 3 rings (SSSR count). The molecule has 5 heteroatoms. The van der Waals surface area contributed by atoms with E-state index in [0.717, 1.165) is 22.2 Å². The van der Waals surface area contributed by atoms with Gasteiger partial charge in [-0.3, -0.25) is 0 Å². The summed E-state index contributed by atoms with van der Waals surface area (Å²) >= 11 is 0. The molecular formula is C21H22F3N2+. The highest BCUT2D eigenvalue weighted by Gasteiger charge is 2.47. The molecule has 0 radical (unpaired) electrons. The van der Waals surface area contributed by atoms with Crippen LogP contribution < -0.4 is 4.57 Å². The minimum Gasteiger partial charge on any atom is -0.232 e. The molecule has 0 saturated heterocycles. The Morgan fingerprint density at radius 2 is 1.69 bits per heavy atom. The first kappa shape index (κ1) is 18.4. The van der Waals surface area contributed by atoms with E-state index in [2.05, 4.69) is 4.98 Å². The molecule has 0 aliphatic carbocycles. The first-order valence-electron chi connectivity index (χ1n) is 8.51. The van der Waals surface area contributed by atoms with Gasteiger partial charge in [-0.1, -0.05) is 50.2 Å². The maximum Gasteiger partial charge on any atom is 0.394 e. The maximum atomic E-state index is 13.5. The summed E-state index contributed by atoms with van der Waals surface area (Å²) in [5, 5.41) is 0.782. The maximum absolute atomic E-state index is 13.5. The molecule has 2 aromatic carbocycles. The molecule has 0 saturated carbocycles. The monoisotopic (exact) mass is 359 g/mol. The average Bonchev–Trinajstić information content (AvgIpc) is 2.55. The fourth-order valence-corrected chi connectivity index (χ4v) is 3.24. The number of aromatic nitrogens is 2. The van der Waals surface area contributed by atoms with Gasteiger partial charge in [0.2, 0.25) is 0 Å². The lowest BCUT2D eigenvalue weighted by atomic mass is 9.83. The van der Waals surface area contributed by atoms with Crippen molar-refractivity contribution in [3.63, 3.8) is 0 Å². The summed E-state index contributed by atoms with van der Waals surface area (Å²) in [6.07, 6.45) is -2.66. The lowest BCUT2D eigenvalue weighted by Gasteiger charge is -2.28. The van der Waals surface area contributed by atoms with E-state index in [1.807, 2.05) is 48.9 Å². The van der Waals surface area contributed by atoms with Gasteiger partial charge in [0.15, 0.2) is 5.52 Å². The second kappa shape index (κ2) is 6.38. The van der Waals surface area contributed by atoms with Crippen LogP contribution in [0.25, 0.3) is 22.2 Å². The van der Waals surface area contributed by atoms with Gasteiger partial charge in [0.05, 0.1) is 17.8 Å². The van der Waals surface area contributed by atoms with E-state index < -0.39 is 11.6 Å². The van der Waals surface area contributed by atoms with Gasteiger partial charge in [-0.2, -0.15) is 13.2 Å². The molecule has 0 N–H and O–H groups in total. The van der Waals surface area contributed by atoms with Gasteiger partial charge >= 0.3 is 6.18 Å². The Bertz CT molecular complexity index is 959. The van der Waals surface area contributed by atoms with Gasteiger partial charge in [-0.25, -0.2) is 4.57 Å². The van der Waals surface area contributed by atoms with Gasteiger partial charge in [0.25, 0.3) is 6.33 Å². The Morgan fingerprint density at radius 1 is 1.00 bits per heavy atom. The van der Waals surface area contributed by atoms with Crippen LogP contribution in [0.4, 0.5) is 13.2 Å². The minimum absolute atomic E-state index is 0.0988. The highest BCUT2D eigenvalue weighted by atomic mass is 19.4. The van der Waals surface area contributed by atoms with Crippen molar-refractivity contribution in [3.8, 4) is 11.3 Å². The molecule has 1 aromatic heterocycles. The normalized spacial score (nSPS) is 12.6. The summed E-state index contributed by atoms with van der Waals surface area (Å²) in [7, 11) is 1.87. The summed E-state index contributed by atoms with van der Waals surface area (Å²) in [6, 6.07) is 13.3. The van der Waals surface area contributed by atoms with E-state index >= 15 is 0 Å². The molecule has 136 valence electrons. The predicted molar refractivity (Wildman–Crippen MR) is 96.6 cm³/mol. The van der Waals surface area contributed by atoms with Crippen molar-refractivity contribution < 1.29 is 17.7 Å². The number of alkyl halides is 3. The Morgan fingerprint density at radius 3 is 2.35 bits per heavy atom. The van der Waals surface area contributed by atoms with E-state index in [4.69, 9.17) is 0 Å². The summed E-state index contributed by atoms with van der Waals surface area (Å²) in [5.74, 6) is 0. The minimum atomic E-state index is -4.28. The van der Waals surface area contributed by atoms with Crippen LogP contribution in [-0.2, 0) is 13.5 Å². The molecule has 0 spiro atoms. The first-order valence-corrected chi connectivity index (χ1v) is 8.51. The fraction of sp³-hybridized carbons (Fsp3) is 0.333. The number of benzene rings is 2. The quantitative estimate of drug-likeness (QED) is 0.590. The molecule has 0 aliphatic rings. The van der Waals surface area contributed by atoms with Crippen LogP contribution in [0, 0.1) is 12.3 Å². The van der Waals surface area contributed by atoms with Crippen LogP contribution >= 0.6 is 0 Å². The van der Waals surface area contributed by atoms with Gasteiger partial charge in [-0.15, -0.1) is 0 Å². The zero-order valence-corrected chi connectivity index (χ0v) is 15.4. The van der Waals surface area contributed by atoms with Crippen LogP contribution in [0.2, 0.25) is 0 Å². The van der Waals surface area contributed by atoms with Crippen LogP contribution in [0.5, 0.6) is 0 Å². The number of nitrogens with zero attached hydrogens (tertiary/aromatic N) is 2. The Balaban J connectivity index is 2.30. The number of hydrogen-bond acceptors (Lipinski definition) is 1. The first-order chi connectivity index (χ1) is 12.1. The molecule has 2 nitrogen and oxygen atoms in total. The van der Waals surface area contributed by atoms with E-state index in [-0.39, 0.29) is 6.42 Å². The molecule has 26 heavy (non-hydrogen) atoms. The van der Waals surface area contributed by atoms with E-state index in [1.165, 1.54) is 13.8 Å². The second-order valence-electron chi connectivity index (χ2n) is 7.39. The van der Waals surface area contributed by atoms with Gasteiger partial charge in [0, 0.05) is 5.56 Å². The van der Waals surface area contributed by atoms with Crippen molar-refractivity contribution in [1.82, 2.24) is 4.98 Å².